The molecule has 4 aliphatic rings. The van der Waals surface area contributed by atoms with Crippen LogP contribution in [0.1, 0.15) is 67.5 Å². The molecule has 0 saturated carbocycles. The van der Waals surface area contributed by atoms with Crippen LogP contribution in [-0.2, 0) is 5.41 Å². The van der Waals surface area contributed by atoms with E-state index in [4.69, 9.17) is 24.9 Å². The van der Waals surface area contributed by atoms with E-state index in [0.717, 1.165) is 67.0 Å². The van der Waals surface area contributed by atoms with Crippen LogP contribution in [0.5, 0.6) is 0 Å². The van der Waals surface area contributed by atoms with Crippen LogP contribution in [0.25, 0.3) is 101 Å². The molecule has 2 aromatic heterocycles. The van der Waals surface area contributed by atoms with Gasteiger partial charge in [-0.2, -0.15) is 0 Å². The third-order valence-corrected chi connectivity index (χ3v) is 18.2. The van der Waals surface area contributed by atoms with Crippen LogP contribution in [0.3, 0.4) is 0 Å². The summed E-state index contributed by atoms with van der Waals surface area (Å²) in [5.41, 5.74) is 26.9. The van der Waals surface area contributed by atoms with Crippen LogP contribution in [0.4, 0.5) is 0 Å². The van der Waals surface area contributed by atoms with Crippen molar-refractivity contribution in [2.75, 3.05) is 0 Å². The molecule has 406 valence electrons. The van der Waals surface area contributed by atoms with Crippen molar-refractivity contribution in [3.8, 4) is 101 Å². The topological polar surface area (TPSA) is 64.5 Å². The quantitative estimate of drug-likeness (QED) is 0.137. The Balaban J connectivity index is 0.772. The molecular formula is C82H53N5. The zero-order valence-electron chi connectivity index (χ0n) is 47.3. The van der Waals surface area contributed by atoms with Crippen molar-refractivity contribution < 1.29 is 0 Å². The first-order valence-corrected chi connectivity index (χ1v) is 29.9. The lowest BCUT2D eigenvalue weighted by Crippen LogP contribution is -2.28. The molecule has 0 radical (unpaired) electrons. The Labute approximate surface area is 505 Å². The molecule has 18 rings (SSSR count). The maximum Gasteiger partial charge on any atom is 0.164 e. The van der Waals surface area contributed by atoms with E-state index in [-0.39, 0.29) is 11.8 Å². The number of fused-ring (bicyclic) bond motifs is 3. The summed E-state index contributed by atoms with van der Waals surface area (Å²) in [6.07, 6.45) is 0. The van der Waals surface area contributed by atoms with Crippen molar-refractivity contribution in [2.45, 2.75) is 17.3 Å². The van der Waals surface area contributed by atoms with Gasteiger partial charge in [-0.15, -0.1) is 0 Å². The normalized spacial score (nSPS) is 14.5. The Morgan fingerprint density at radius 2 is 0.621 bits per heavy atom. The van der Waals surface area contributed by atoms with Crippen molar-refractivity contribution in [3.05, 3.63) is 365 Å². The van der Waals surface area contributed by atoms with Crippen LogP contribution >= 0.6 is 0 Å². The fourth-order valence-electron chi connectivity index (χ4n) is 14.4. The summed E-state index contributed by atoms with van der Waals surface area (Å²) in [5, 5.41) is 0. The SMILES string of the molecule is c1ccc(-c2cc(-c3ccc4c(c3)C3c5ccccc5C4c4cc(-c5ccc(-c6nc(-c7ccccc7-c7ccccc7)nc(-c7cccc8c7-c7ccccc7C8(c7ccccc7)c7ccccc7)n6)cc5)ccc43)nc(-c3ccccc3)n2)cc1. The zero-order chi connectivity index (χ0) is 57.4. The highest BCUT2D eigenvalue weighted by atomic mass is 15.0. The van der Waals surface area contributed by atoms with E-state index < -0.39 is 5.41 Å². The second kappa shape index (κ2) is 20.5. The molecule has 4 aliphatic carbocycles. The Morgan fingerprint density at radius 3 is 1.25 bits per heavy atom. The lowest BCUT2D eigenvalue weighted by molar-refractivity contribution is 0.755. The maximum atomic E-state index is 5.51. The van der Waals surface area contributed by atoms with Gasteiger partial charge in [0.05, 0.1) is 16.8 Å². The first-order chi connectivity index (χ1) is 43.1. The molecule has 0 aliphatic heterocycles. The van der Waals surface area contributed by atoms with Crippen LogP contribution in [0.2, 0.25) is 0 Å². The van der Waals surface area contributed by atoms with Gasteiger partial charge >= 0.3 is 0 Å². The van der Waals surface area contributed by atoms with E-state index in [1.165, 1.54) is 66.8 Å². The van der Waals surface area contributed by atoms with Gasteiger partial charge in [0, 0.05) is 45.2 Å². The minimum atomic E-state index is -0.578. The number of hydrogen-bond donors (Lipinski definition) is 0. The van der Waals surface area contributed by atoms with E-state index in [1.807, 2.05) is 24.3 Å². The molecule has 2 unspecified atom stereocenters. The van der Waals surface area contributed by atoms with Gasteiger partial charge in [-0.1, -0.05) is 291 Å². The average Bonchev–Trinajstić information content (AvgIpc) is 1.74. The van der Waals surface area contributed by atoms with Crippen molar-refractivity contribution in [1.29, 1.82) is 0 Å². The molecule has 0 fully saturated rings. The van der Waals surface area contributed by atoms with Gasteiger partial charge in [0.25, 0.3) is 0 Å². The van der Waals surface area contributed by atoms with Gasteiger partial charge in [-0.05, 0) is 107 Å². The second-order valence-electron chi connectivity index (χ2n) is 22.9. The Hall–Kier alpha value is -11.3. The molecule has 0 spiro atoms. The maximum absolute atomic E-state index is 5.51. The van der Waals surface area contributed by atoms with Gasteiger partial charge in [-0.3, -0.25) is 0 Å². The third kappa shape index (κ3) is 8.19. The number of aromatic nitrogens is 5. The van der Waals surface area contributed by atoms with Gasteiger partial charge < -0.3 is 0 Å². The van der Waals surface area contributed by atoms with Crippen molar-refractivity contribution in [2.24, 2.45) is 0 Å². The summed E-state index contributed by atoms with van der Waals surface area (Å²) >= 11 is 0. The number of nitrogens with zero attached hydrogens (tertiary/aromatic N) is 5. The average molecular weight is 1110 g/mol. The minimum Gasteiger partial charge on any atom is -0.228 e. The largest absolute Gasteiger partial charge is 0.228 e. The fraction of sp³-hybridized carbons (Fsp3) is 0.0366. The fourth-order valence-corrected chi connectivity index (χ4v) is 14.4. The molecule has 12 aromatic carbocycles. The Morgan fingerprint density at radius 1 is 0.218 bits per heavy atom. The molecule has 2 bridgehead atoms. The van der Waals surface area contributed by atoms with Crippen LogP contribution < -0.4 is 0 Å². The molecule has 0 saturated heterocycles. The first kappa shape index (κ1) is 50.3. The van der Waals surface area contributed by atoms with E-state index in [0.29, 0.717) is 23.3 Å². The van der Waals surface area contributed by atoms with Crippen LogP contribution in [0.15, 0.2) is 309 Å². The van der Waals surface area contributed by atoms with Gasteiger partial charge in [-0.25, -0.2) is 24.9 Å². The van der Waals surface area contributed by atoms with Crippen molar-refractivity contribution in [1.82, 2.24) is 24.9 Å². The monoisotopic (exact) mass is 1110 g/mol. The predicted octanol–water partition coefficient (Wildman–Crippen LogP) is 19.3. The summed E-state index contributed by atoms with van der Waals surface area (Å²) < 4.78 is 0. The molecule has 14 aromatic rings. The van der Waals surface area contributed by atoms with Crippen LogP contribution in [-0.4, -0.2) is 24.9 Å². The lowest BCUT2D eigenvalue weighted by atomic mass is 9.60. The number of hydrogen-bond acceptors (Lipinski definition) is 5. The van der Waals surface area contributed by atoms with E-state index >= 15 is 0 Å². The lowest BCUT2D eigenvalue weighted by Gasteiger charge is -2.42. The second-order valence-corrected chi connectivity index (χ2v) is 22.9. The predicted molar refractivity (Wildman–Crippen MR) is 351 cm³/mol. The Bertz CT molecular complexity index is 4870. The van der Waals surface area contributed by atoms with E-state index in [2.05, 4.69) is 285 Å². The van der Waals surface area contributed by atoms with Crippen molar-refractivity contribution in [3.63, 3.8) is 0 Å². The van der Waals surface area contributed by atoms with Gasteiger partial charge in [0.1, 0.15) is 0 Å². The van der Waals surface area contributed by atoms with Gasteiger partial charge in [0.2, 0.25) is 0 Å². The molecule has 0 amide bonds. The highest BCUT2D eigenvalue weighted by Crippen LogP contribution is 2.59. The number of rotatable bonds is 10. The molecule has 0 N–H and O–H groups in total. The molecule has 5 heteroatoms. The summed E-state index contributed by atoms with van der Waals surface area (Å²) in [6, 6.07) is 111. The molecule has 87 heavy (non-hydrogen) atoms. The van der Waals surface area contributed by atoms with E-state index in [9.17, 15) is 0 Å². The third-order valence-electron chi connectivity index (χ3n) is 18.2. The molecular weight excluding hydrogens is 1050 g/mol. The van der Waals surface area contributed by atoms with E-state index in [1.54, 1.807) is 0 Å². The Kier molecular flexibility index (Phi) is 11.9. The molecule has 2 atom stereocenters. The van der Waals surface area contributed by atoms with Gasteiger partial charge in [0.15, 0.2) is 23.3 Å². The summed E-state index contributed by atoms with van der Waals surface area (Å²) in [6.45, 7) is 0. The minimum absolute atomic E-state index is 0.0725. The highest BCUT2D eigenvalue weighted by Gasteiger charge is 2.47. The summed E-state index contributed by atoms with van der Waals surface area (Å²) in [5.74, 6) is 2.70. The standard InChI is InChI=1S/C82H53N5/c1-6-23-53(24-7-1)61-33-16-19-36-66(61)80-85-79(86-81(87-80)68-38-22-40-72-77(68)67-37-20-21-39-71(67)82(72,59-29-12-4-13-30-59)60-31-14-5-15-32-60)56-43-41-52(42-44-56)57-45-47-64-69(49-57)75-62-34-17-18-35-63(62)76(64)70-50-58(46-48-65(70)75)74-51-73(54-25-8-2-9-26-54)83-78(84-74)55-27-10-3-11-28-55/h1-51,75-76H. The van der Waals surface area contributed by atoms with Crippen LogP contribution in [0, 0.1) is 0 Å². The smallest absolute Gasteiger partial charge is 0.164 e. The summed E-state index contributed by atoms with van der Waals surface area (Å²) in [4.78, 5) is 26.8. The molecule has 2 heterocycles. The highest BCUT2D eigenvalue weighted by molar-refractivity contribution is 5.95. The summed E-state index contributed by atoms with van der Waals surface area (Å²) in [7, 11) is 0. The number of benzene rings is 12. The zero-order valence-corrected chi connectivity index (χ0v) is 47.3. The first-order valence-electron chi connectivity index (χ1n) is 29.9. The van der Waals surface area contributed by atoms with Crippen molar-refractivity contribution >= 4 is 0 Å². The molecule has 5 nitrogen and oxygen atoms in total.